The maximum atomic E-state index is 14.4. The second-order valence-corrected chi connectivity index (χ2v) is 8.11. The minimum Gasteiger partial charge on any atom is -0.449 e. The number of ether oxygens (including phenoxy) is 1. The van der Waals surface area contributed by atoms with Gasteiger partial charge in [0.05, 0.1) is 29.5 Å². The number of hydrogen-bond donors (Lipinski definition) is 0. The molecule has 2 aromatic carbocycles. The minimum absolute atomic E-state index is 0.0327. The highest BCUT2D eigenvalue weighted by Crippen LogP contribution is 2.41. The Morgan fingerprint density at radius 1 is 1.17 bits per heavy atom. The van der Waals surface area contributed by atoms with Gasteiger partial charge in [0.15, 0.2) is 6.29 Å². The molecule has 0 spiro atoms. The third-order valence-corrected chi connectivity index (χ3v) is 6.09. The van der Waals surface area contributed by atoms with E-state index in [0.717, 1.165) is 12.1 Å². The average Bonchev–Trinajstić information content (AvgIpc) is 3.19. The highest BCUT2D eigenvalue weighted by molar-refractivity contribution is 9.09. The number of benzene rings is 2. The summed E-state index contributed by atoms with van der Waals surface area (Å²) in [5.74, 6) is -2.00. The summed E-state index contributed by atoms with van der Waals surface area (Å²) in [6.07, 6.45) is 0.684. The Morgan fingerprint density at radius 2 is 1.83 bits per heavy atom. The molecular formula is C23H19BrF2N4O5. The molecule has 2 aliphatic heterocycles. The molecule has 1 unspecified atom stereocenters. The molecule has 0 aliphatic carbocycles. The van der Waals surface area contributed by atoms with Gasteiger partial charge in [-0.3, -0.25) is 19.8 Å². The average molecular weight is 549 g/mol. The molecular weight excluding hydrogens is 530 g/mol. The van der Waals surface area contributed by atoms with Crippen molar-refractivity contribution in [1.29, 1.82) is 0 Å². The van der Waals surface area contributed by atoms with E-state index in [9.17, 15) is 28.5 Å². The minimum atomic E-state index is -1.12. The maximum absolute atomic E-state index is 14.4. The van der Waals surface area contributed by atoms with Gasteiger partial charge >= 0.3 is 6.09 Å². The van der Waals surface area contributed by atoms with Crippen LogP contribution in [-0.4, -0.2) is 49.9 Å². The standard InChI is InChI=1S/C23H19BrF2N4O5/c1-2-35-23(32)29-21(14-6-8-15(9-7-14)30(33)34)19(12-24)28-20(31)10-11-27(22(28)29)13-16-17(25)4-3-5-18(16)26/h3-11,22H,2,12-13H2,1H3. The molecule has 2 aromatic rings. The molecule has 9 nitrogen and oxygen atoms in total. The summed E-state index contributed by atoms with van der Waals surface area (Å²) in [5.41, 5.74) is 0.681. The van der Waals surface area contributed by atoms with Crippen molar-refractivity contribution in [3.05, 3.63) is 93.3 Å². The van der Waals surface area contributed by atoms with Gasteiger partial charge in [0.25, 0.3) is 11.6 Å². The van der Waals surface area contributed by atoms with Crippen LogP contribution in [0.4, 0.5) is 19.3 Å². The van der Waals surface area contributed by atoms with Crippen molar-refractivity contribution < 1.29 is 28.0 Å². The van der Waals surface area contributed by atoms with Crippen molar-refractivity contribution >= 4 is 39.3 Å². The molecule has 0 saturated carbocycles. The van der Waals surface area contributed by atoms with E-state index in [4.69, 9.17) is 4.74 Å². The number of nitro groups is 1. The van der Waals surface area contributed by atoms with Gasteiger partial charge in [0.2, 0.25) is 0 Å². The van der Waals surface area contributed by atoms with Crippen LogP contribution in [0.2, 0.25) is 0 Å². The van der Waals surface area contributed by atoms with Crippen molar-refractivity contribution in [2.24, 2.45) is 0 Å². The Hall–Kier alpha value is -3.80. The highest BCUT2D eigenvalue weighted by Gasteiger charge is 2.49. The Labute approximate surface area is 207 Å². The van der Waals surface area contributed by atoms with Gasteiger partial charge in [-0.15, -0.1) is 0 Å². The normalized spacial score (nSPS) is 17.2. The first-order chi connectivity index (χ1) is 16.8. The first kappa shape index (κ1) is 24.3. The number of nitro benzene ring substituents is 1. The van der Waals surface area contributed by atoms with E-state index in [-0.39, 0.29) is 35.4 Å². The zero-order valence-electron chi connectivity index (χ0n) is 18.4. The fourth-order valence-corrected chi connectivity index (χ4v) is 4.57. The molecule has 4 rings (SSSR count). The van der Waals surface area contributed by atoms with E-state index in [2.05, 4.69) is 15.9 Å². The zero-order chi connectivity index (χ0) is 25.3. The summed E-state index contributed by atoms with van der Waals surface area (Å²) in [7, 11) is 0. The largest absolute Gasteiger partial charge is 0.449 e. The van der Waals surface area contributed by atoms with Gasteiger partial charge in [0, 0.05) is 40.9 Å². The number of rotatable bonds is 6. The molecule has 0 radical (unpaired) electrons. The maximum Gasteiger partial charge on any atom is 0.417 e. The first-order valence-electron chi connectivity index (χ1n) is 10.5. The third kappa shape index (κ3) is 4.36. The molecule has 12 heteroatoms. The van der Waals surface area contributed by atoms with E-state index >= 15 is 0 Å². The van der Waals surface area contributed by atoms with Crippen LogP contribution in [0, 0.1) is 21.7 Å². The van der Waals surface area contributed by atoms with Crippen molar-refractivity contribution in [1.82, 2.24) is 14.7 Å². The summed E-state index contributed by atoms with van der Waals surface area (Å²) in [5, 5.41) is 11.2. The van der Waals surface area contributed by atoms with E-state index in [0.29, 0.717) is 11.3 Å². The molecule has 35 heavy (non-hydrogen) atoms. The number of nitrogens with zero attached hydrogens (tertiary/aromatic N) is 4. The smallest absolute Gasteiger partial charge is 0.417 e. The fourth-order valence-electron chi connectivity index (χ4n) is 4.04. The van der Waals surface area contributed by atoms with Gasteiger partial charge in [-0.2, -0.15) is 0 Å². The lowest BCUT2D eigenvalue weighted by Crippen LogP contribution is -2.56. The summed E-state index contributed by atoms with van der Waals surface area (Å²) < 4.78 is 34.1. The van der Waals surface area contributed by atoms with E-state index < -0.39 is 34.8 Å². The molecule has 2 aliphatic rings. The topological polar surface area (TPSA) is 96.2 Å². The van der Waals surface area contributed by atoms with Crippen LogP contribution in [0.5, 0.6) is 0 Å². The van der Waals surface area contributed by atoms with Gasteiger partial charge in [0.1, 0.15) is 11.6 Å². The van der Waals surface area contributed by atoms with Crippen LogP contribution in [-0.2, 0) is 16.1 Å². The van der Waals surface area contributed by atoms with Gasteiger partial charge in [-0.1, -0.05) is 22.0 Å². The number of carbonyl (C=O) groups excluding carboxylic acids is 2. The molecule has 0 aromatic heterocycles. The van der Waals surface area contributed by atoms with E-state index in [1.165, 1.54) is 57.3 Å². The van der Waals surface area contributed by atoms with Crippen LogP contribution in [0.1, 0.15) is 18.1 Å². The van der Waals surface area contributed by atoms with Crippen LogP contribution in [0.15, 0.2) is 60.4 Å². The lowest BCUT2D eigenvalue weighted by Gasteiger charge is -2.41. The quantitative estimate of drug-likeness (QED) is 0.298. The second-order valence-electron chi connectivity index (χ2n) is 7.54. The van der Waals surface area contributed by atoms with Crippen LogP contribution >= 0.6 is 15.9 Å². The van der Waals surface area contributed by atoms with E-state index in [1.807, 2.05) is 0 Å². The Bertz CT molecular complexity index is 1230. The van der Waals surface area contributed by atoms with Crippen molar-refractivity contribution in [2.45, 2.75) is 19.8 Å². The first-order valence-corrected chi connectivity index (χ1v) is 11.6. The second kappa shape index (κ2) is 9.82. The number of non-ortho nitro benzene ring substituents is 1. The number of allylic oxidation sites excluding steroid dienone is 1. The van der Waals surface area contributed by atoms with Crippen LogP contribution < -0.4 is 0 Å². The molecule has 2 amide bonds. The molecule has 1 atom stereocenters. The number of hydrogen-bond acceptors (Lipinski definition) is 6. The summed E-state index contributed by atoms with van der Waals surface area (Å²) >= 11 is 3.37. The van der Waals surface area contributed by atoms with Crippen LogP contribution in [0.3, 0.4) is 0 Å². The van der Waals surface area contributed by atoms with Crippen LogP contribution in [0.25, 0.3) is 5.70 Å². The lowest BCUT2D eigenvalue weighted by molar-refractivity contribution is -0.384. The predicted molar refractivity (Wildman–Crippen MR) is 124 cm³/mol. The van der Waals surface area contributed by atoms with Gasteiger partial charge in [-0.05, 0) is 31.2 Å². The number of carbonyl (C=O) groups is 2. The fraction of sp³-hybridized carbons (Fsp3) is 0.217. The highest BCUT2D eigenvalue weighted by atomic mass is 79.9. The van der Waals surface area contributed by atoms with E-state index in [1.54, 1.807) is 6.92 Å². The van der Waals surface area contributed by atoms with Crippen molar-refractivity contribution in [2.75, 3.05) is 11.9 Å². The molecule has 2 heterocycles. The molecule has 0 fully saturated rings. The molecule has 0 N–H and O–H groups in total. The molecule has 182 valence electrons. The number of fused-ring (bicyclic) bond motifs is 1. The molecule has 0 bridgehead atoms. The number of amides is 2. The number of alkyl halides is 1. The van der Waals surface area contributed by atoms with Gasteiger partial charge < -0.3 is 9.64 Å². The summed E-state index contributed by atoms with van der Waals surface area (Å²) in [4.78, 5) is 40.7. The number of halogens is 3. The Balaban J connectivity index is 1.84. The zero-order valence-corrected chi connectivity index (χ0v) is 19.9. The van der Waals surface area contributed by atoms with Crippen molar-refractivity contribution in [3.63, 3.8) is 0 Å². The van der Waals surface area contributed by atoms with Crippen molar-refractivity contribution in [3.8, 4) is 0 Å². The van der Waals surface area contributed by atoms with Gasteiger partial charge in [-0.25, -0.2) is 18.5 Å². The predicted octanol–water partition coefficient (Wildman–Crippen LogP) is 4.55. The SMILES string of the molecule is CCOC(=O)N1C(c2ccc([N+](=O)[O-])cc2)=C(CBr)N2C(=O)C=CN(Cc3c(F)cccc3F)C21. The third-order valence-electron chi connectivity index (χ3n) is 5.55. The molecule has 0 saturated heterocycles. The Kier molecular flexibility index (Phi) is 6.83. The monoisotopic (exact) mass is 548 g/mol. The Morgan fingerprint density at radius 3 is 2.40 bits per heavy atom. The lowest BCUT2D eigenvalue weighted by atomic mass is 10.1. The summed E-state index contributed by atoms with van der Waals surface area (Å²) in [6.45, 7) is 1.36. The summed E-state index contributed by atoms with van der Waals surface area (Å²) in [6, 6.07) is 8.96.